The first-order valence-electron chi connectivity index (χ1n) is 5.90. The quantitative estimate of drug-likeness (QED) is 0.373. The van der Waals surface area contributed by atoms with Gasteiger partial charge in [-0.25, -0.2) is 4.98 Å². The van der Waals surface area contributed by atoms with Crippen molar-refractivity contribution in [2.24, 2.45) is 0 Å². The molecule has 0 aromatic carbocycles. The molecule has 1 heterocycles. The number of nitrogens with zero attached hydrogens (tertiary/aromatic N) is 1. The highest BCUT2D eigenvalue weighted by Crippen LogP contribution is 2.23. The molecule has 0 aliphatic rings. The number of aldehydes is 1. The number of thioether (sulfide) groups is 1. The van der Waals surface area contributed by atoms with Crippen LogP contribution < -0.4 is 0 Å². The molecule has 1 rings (SSSR count). The van der Waals surface area contributed by atoms with Gasteiger partial charge in [-0.3, -0.25) is 4.79 Å². The van der Waals surface area contributed by atoms with E-state index in [0.29, 0.717) is 5.69 Å². The summed E-state index contributed by atoms with van der Waals surface area (Å²) in [4.78, 5) is 14.6. The molecule has 0 aliphatic heterocycles. The second kappa shape index (κ2) is 8.76. The lowest BCUT2D eigenvalue weighted by molar-refractivity contribution is 0.111. The summed E-state index contributed by atoms with van der Waals surface area (Å²) in [6.07, 6.45) is 8.78. The van der Waals surface area contributed by atoms with E-state index in [1.165, 1.54) is 38.5 Å². The normalized spacial score (nSPS) is 10.6. The van der Waals surface area contributed by atoms with E-state index in [4.69, 9.17) is 0 Å². The fourth-order valence-electron chi connectivity index (χ4n) is 1.43. The van der Waals surface area contributed by atoms with Crippen LogP contribution >= 0.6 is 23.1 Å². The SMILES string of the molecule is CCCCCCCCSc1nc(C=O)cs1. The second-order valence-electron chi connectivity index (χ2n) is 3.77. The van der Waals surface area contributed by atoms with Crippen molar-refractivity contribution >= 4 is 29.4 Å². The van der Waals surface area contributed by atoms with Gasteiger partial charge in [0.2, 0.25) is 0 Å². The molecule has 0 saturated heterocycles. The number of carbonyl (C=O) groups is 1. The number of thiazole rings is 1. The smallest absolute Gasteiger partial charge is 0.169 e. The molecule has 1 aromatic rings. The fourth-order valence-corrected chi connectivity index (χ4v) is 3.28. The van der Waals surface area contributed by atoms with Crippen LogP contribution in [0.25, 0.3) is 0 Å². The zero-order valence-electron chi connectivity index (χ0n) is 9.78. The minimum absolute atomic E-state index is 0.565. The Balaban J connectivity index is 2.00. The number of carbonyl (C=O) groups excluding carboxylic acids is 1. The van der Waals surface area contributed by atoms with Crippen molar-refractivity contribution in [2.45, 2.75) is 49.8 Å². The molecule has 0 spiro atoms. The van der Waals surface area contributed by atoms with Crippen molar-refractivity contribution in [3.8, 4) is 0 Å². The largest absolute Gasteiger partial charge is 0.296 e. The molecule has 0 radical (unpaired) electrons. The number of hydrogen-bond acceptors (Lipinski definition) is 4. The van der Waals surface area contributed by atoms with E-state index in [-0.39, 0.29) is 0 Å². The van der Waals surface area contributed by atoms with Gasteiger partial charge in [0.05, 0.1) is 0 Å². The molecule has 0 saturated carbocycles. The van der Waals surface area contributed by atoms with Crippen molar-refractivity contribution in [1.82, 2.24) is 4.98 Å². The van der Waals surface area contributed by atoms with Gasteiger partial charge in [-0.05, 0) is 6.42 Å². The summed E-state index contributed by atoms with van der Waals surface area (Å²) in [6.45, 7) is 2.24. The zero-order chi connectivity index (χ0) is 11.6. The third-order valence-corrected chi connectivity index (χ3v) is 4.47. The summed E-state index contributed by atoms with van der Waals surface area (Å²) >= 11 is 3.34. The van der Waals surface area contributed by atoms with E-state index >= 15 is 0 Å². The topological polar surface area (TPSA) is 30.0 Å². The fraction of sp³-hybridized carbons (Fsp3) is 0.667. The maximum absolute atomic E-state index is 10.4. The van der Waals surface area contributed by atoms with Gasteiger partial charge in [0.15, 0.2) is 10.6 Å². The predicted octanol–water partition coefficient (Wildman–Crippen LogP) is 4.41. The lowest BCUT2D eigenvalue weighted by Crippen LogP contribution is -1.83. The van der Waals surface area contributed by atoms with Crippen LogP contribution in [0.2, 0.25) is 0 Å². The molecule has 4 heteroatoms. The molecule has 0 N–H and O–H groups in total. The number of hydrogen-bond donors (Lipinski definition) is 0. The second-order valence-corrected chi connectivity index (χ2v) is 5.97. The first-order valence-corrected chi connectivity index (χ1v) is 7.77. The first-order chi connectivity index (χ1) is 7.86. The first kappa shape index (κ1) is 13.7. The lowest BCUT2D eigenvalue weighted by atomic mass is 10.1. The number of rotatable bonds is 9. The molecule has 1 aromatic heterocycles. The van der Waals surface area contributed by atoms with Gasteiger partial charge in [0.1, 0.15) is 5.69 Å². The molecule has 16 heavy (non-hydrogen) atoms. The highest BCUT2D eigenvalue weighted by molar-refractivity contribution is 8.01. The summed E-state index contributed by atoms with van der Waals surface area (Å²) < 4.78 is 1.02. The average Bonchev–Trinajstić information content (AvgIpc) is 2.76. The number of unbranched alkanes of at least 4 members (excludes halogenated alkanes) is 5. The monoisotopic (exact) mass is 257 g/mol. The van der Waals surface area contributed by atoms with Crippen molar-refractivity contribution < 1.29 is 4.79 Å². The lowest BCUT2D eigenvalue weighted by Gasteiger charge is -1.99. The van der Waals surface area contributed by atoms with Gasteiger partial charge in [-0.2, -0.15) is 0 Å². The molecule has 0 fully saturated rings. The summed E-state index contributed by atoms with van der Waals surface area (Å²) in [5.41, 5.74) is 0.565. The maximum atomic E-state index is 10.4. The van der Waals surface area contributed by atoms with E-state index in [1.807, 2.05) is 5.38 Å². The van der Waals surface area contributed by atoms with Crippen LogP contribution in [0.1, 0.15) is 55.9 Å². The third-order valence-electron chi connectivity index (χ3n) is 2.35. The summed E-state index contributed by atoms with van der Waals surface area (Å²) in [5, 5.41) is 1.82. The molecule has 0 atom stereocenters. The highest BCUT2D eigenvalue weighted by atomic mass is 32.2. The predicted molar refractivity (Wildman–Crippen MR) is 71.6 cm³/mol. The zero-order valence-corrected chi connectivity index (χ0v) is 11.4. The summed E-state index contributed by atoms with van der Waals surface area (Å²) in [7, 11) is 0. The van der Waals surface area contributed by atoms with E-state index in [2.05, 4.69) is 11.9 Å². The Bertz CT molecular complexity index is 299. The van der Waals surface area contributed by atoms with E-state index in [0.717, 1.165) is 16.4 Å². The third kappa shape index (κ3) is 5.66. The molecule has 2 nitrogen and oxygen atoms in total. The van der Waals surface area contributed by atoms with Crippen LogP contribution in [-0.2, 0) is 0 Å². The Morgan fingerprint density at radius 3 is 2.75 bits per heavy atom. The minimum Gasteiger partial charge on any atom is -0.296 e. The van der Waals surface area contributed by atoms with Crippen LogP contribution in [0, 0.1) is 0 Å². The Morgan fingerprint density at radius 1 is 1.31 bits per heavy atom. The van der Waals surface area contributed by atoms with Crippen LogP contribution in [0.4, 0.5) is 0 Å². The minimum atomic E-state index is 0.565. The van der Waals surface area contributed by atoms with Crippen LogP contribution in [0.5, 0.6) is 0 Å². The Labute approximate surface area is 106 Å². The number of aromatic nitrogens is 1. The molecule has 90 valence electrons. The summed E-state index contributed by atoms with van der Waals surface area (Å²) in [6, 6.07) is 0. The van der Waals surface area contributed by atoms with Gasteiger partial charge < -0.3 is 0 Å². The van der Waals surface area contributed by atoms with E-state index in [9.17, 15) is 4.79 Å². The summed E-state index contributed by atoms with van der Waals surface area (Å²) in [5.74, 6) is 1.12. The molecular formula is C12H19NOS2. The Kier molecular flexibility index (Phi) is 7.51. The average molecular weight is 257 g/mol. The van der Waals surface area contributed by atoms with Crippen LogP contribution in [-0.4, -0.2) is 17.0 Å². The molecule has 0 unspecified atom stereocenters. The molecule has 0 amide bonds. The van der Waals surface area contributed by atoms with Gasteiger partial charge >= 0.3 is 0 Å². The van der Waals surface area contributed by atoms with Crippen molar-refractivity contribution in [1.29, 1.82) is 0 Å². The van der Waals surface area contributed by atoms with Gasteiger partial charge in [-0.15, -0.1) is 11.3 Å². The van der Waals surface area contributed by atoms with E-state index < -0.39 is 0 Å². The Hall–Kier alpha value is -0.350. The van der Waals surface area contributed by atoms with Gasteiger partial charge in [0.25, 0.3) is 0 Å². The Morgan fingerprint density at radius 2 is 2.06 bits per heavy atom. The van der Waals surface area contributed by atoms with Gasteiger partial charge in [-0.1, -0.05) is 50.8 Å². The van der Waals surface area contributed by atoms with E-state index in [1.54, 1.807) is 23.1 Å². The molecule has 0 bridgehead atoms. The van der Waals surface area contributed by atoms with Crippen LogP contribution in [0.15, 0.2) is 9.72 Å². The van der Waals surface area contributed by atoms with Crippen molar-refractivity contribution in [2.75, 3.05) is 5.75 Å². The standard InChI is InChI=1S/C12H19NOS2/c1-2-3-4-5-6-7-8-15-12-13-11(9-14)10-16-12/h9-10H,2-8H2,1H3. The maximum Gasteiger partial charge on any atom is 0.169 e. The highest BCUT2D eigenvalue weighted by Gasteiger charge is 2.00. The molecule has 0 aliphatic carbocycles. The van der Waals surface area contributed by atoms with Crippen molar-refractivity contribution in [3.05, 3.63) is 11.1 Å². The van der Waals surface area contributed by atoms with Crippen molar-refractivity contribution in [3.63, 3.8) is 0 Å². The van der Waals surface area contributed by atoms with Gasteiger partial charge in [0, 0.05) is 11.1 Å². The molecular weight excluding hydrogens is 238 g/mol. The van der Waals surface area contributed by atoms with Crippen LogP contribution in [0.3, 0.4) is 0 Å².